The van der Waals surface area contributed by atoms with Crippen LogP contribution in [0, 0.1) is 0 Å². The van der Waals surface area contributed by atoms with Crippen molar-refractivity contribution >= 4 is 11.1 Å². The third-order valence-electron chi connectivity index (χ3n) is 4.69. The van der Waals surface area contributed by atoms with E-state index in [1.54, 1.807) is 12.1 Å². The SMILES string of the molecule is CCC(=C(c1ccc(O)cc1)c1ccc(OCCCN)cc1)c1ccccc1. The summed E-state index contributed by atoms with van der Waals surface area (Å²) in [4.78, 5) is 0. The van der Waals surface area contributed by atoms with Crippen molar-refractivity contribution in [1.29, 1.82) is 0 Å². The summed E-state index contributed by atoms with van der Waals surface area (Å²) >= 11 is 0. The van der Waals surface area contributed by atoms with Crippen LogP contribution >= 0.6 is 0 Å². The second kappa shape index (κ2) is 9.77. The van der Waals surface area contributed by atoms with Crippen LogP contribution in [0.3, 0.4) is 0 Å². The van der Waals surface area contributed by atoms with Crippen LogP contribution in [0.1, 0.15) is 36.5 Å². The molecule has 3 rings (SSSR count). The van der Waals surface area contributed by atoms with E-state index in [2.05, 4.69) is 43.3 Å². The van der Waals surface area contributed by atoms with E-state index in [9.17, 15) is 5.11 Å². The van der Waals surface area contributed by atoms with Gasteiger partial charge in [0, 0.05) is 0 Å². The minimum Gasteiger partial charge on any atom is -0.508 e. The Balaban J connectivity index is 2.06. The highest BCUT2D eigenvalue weighted by atomic mass is 16.5. The Kier molecular flexibility index (Phi) is 6.88. The summed E-state index contributed by atoms with van der Waals surface area (Å²) in [5, 5.41) is 9.72. The summed E-state index contributed by atoms with van der Waals surface area (Å²) in [5.74, 6) is 1.12. The molecule has 0 heterocycles. The van der Waals surface area contributed by atoms with Gasteiger partial charge in [0.25, 0.3) is 0 Å². The van der Waals surface area contributed by atoms with Crippen LogP contribution in [0.15, 0.2) is 78.9 Å². The van der Waals surface area contributed by atoms with Crippen molar-refractivity contribution in [3.8, 4) is 11.5 Å². The van der Waals surface area contributed by atoms with Crippen LogP contribution in [-0.4, -0.2) is 18.3 Å². The van der Waals surface area contributed by atoms with E-state index < -0.39 is 0 Å². The Bertz CT molecular complexity index is 898. The Morgan fingerprint density at radius 2 is 1.43 bits per heavy atom. The van der Waals surface area contributed by atoms with Gasteiger partial charge >= 0.3 is 0 Å². The largest absolute Gasteiger partial charge is 0.508 e. The topological polar surface area (TPSA) is 55.5 Å². The zero-order valence-corrected chi connectivity index (χ0v) is 16.3. The Hall–Kier alpha value is -3.04. The second-order valence-corrected chi connectivity index (χ2v) is 6.64. The summed E-state index contributed by atoms with van der Waals surface area (Å²) in [6.07, 6.45) is 1.74. The smallest absolute Gasteiger partial charge is 0.119 e. The molecule has 0 aliphatic carbocycles. The van der Waals surface area contributed by atoms with Crippen molar-refractivity contribution in [2.45, 2.75) is 19.8 Å². The monoisotopic (exact) mass is 373 g/mol. The fourth-order valence-electron chi connectivity index (χ4n) is 3.30. The number of hydrogen-bond acceptors (Lipinski definition) is 3. The predicted molar refractivity (Wildman–Crippen MR) is 116 cm³/mol. The molecule has 0 saturated carbocycles. The molecule has 0 atom stereocenters. The van der Waals surface area contributed by atoms with Crippen LogP contribution in [0.25, 0.3) is 11.1 Å². The van der Waals surface area contributed by atoms with Gasteiger partial charge in [-0.05, 0) is 71.5 Å². The van der Waals surface area contributed by atoms with Crippen molar-refractivity contribution in [3.05, 3.63) is 95.6 Å². The molecule has 0 saturated heterocycles. The minimum atomic E-state index is 0.268. The quantitative estimate of drug-likeness (QED) is 0.405. The van der Waals surface area contributed by atoms with Gasteiger partial charge in [-0.3, -0.25) is 0 Å². The molecule has 0 aliphatic heterocycles. The molecule has 3 aromatic rings. The lowest BCUT2D eigenvalue weighted by molar-refractivity contribution is 0.313. The molecule has 0 aliphatic rings. The highest BCUT2D eigenvalue weighted by Gasteiger charge is 2.13. The average Bonchev–Trinajstić information content (AvgIpc) is 2.74. The first-order valence-corrected chi connectivity index (χ1v) is 9.74. The fraction of sp³-hybridized carbons (Fsp3) is 0.200. The molecule has 144 valence electrons. The van der Waals surface area contributed by atoms with Crippen molar-refractivity contribution in [3.63, 3.8) is 0 Å². The number of benzene rings is 3. The molecule has 3 aromatic carbocycles. The average molecular weight is 373 g/mol. The van der Waals surface area contributed by atoms with E-state index in [1.165, 1.54) is 16.7 Å². The predicted octanol–water partition coefficient (Wildman–Crippen LogP) is 5.49. The first-order valence-electron chi connectivity index (χ1n) is 9.74. The summed E-state index contributed by atoms with van der Waals surface area (Å²) in [7, 11) is 0. The molecular formula is C25H27NO2. The lowest BCUT2D eigenvalue weighted by Gasteiger charge is -2.17. The van der Waals surface area contributed by atoms with E-state index in [0.717, 1.165) is 29.7 Å². The number of allylic oxidation sites excluding steroid dienone is 1. The summed E-state index contributed by atoms with van der Waals surface area (Å²) in [6, 6.07) is 26.0. The van der Waals surface area contributed by atoms with Gasteiger partial charge in [-0.25, -0.2) is 0 Å². The fourth-order valence-corrected chi connectivity index (χ4v) is 3.30. The summed E-state index contributed by atoms with van der Waals surface area (Å²) in [5.41, 5.74) is 11.4. The molecule has 3 nitrogen and oxygen atoms in total. The van der Waals surface area contributed by atoms with E-state index >= 15 is 0 Å². The van der Waals surface area contributed by atoms with Crippen molar-refractivity contribution in [2.24, 2.45) is 5.73 Å². The lowest BCUT2D eigenvalue weighted by atomic mass is 9.88. The van der Waals surface area contributed by atoms with Gasteiger partial charge < -0.3 is 15.6 Å². The van der Waals surface area contributed by atoms with Crippen LogP contribution in [-0.2, 0) is 0 Å². The van der Waals surface area contributed by atoms with Crippen LogP contribution in [0.2, 0.25) is 0 Å². The minimum absolute atomic E-state index is 0.268. The van der Waals surface area contributed by atoms with Crippen LogP contribution in [0.5, 0.6) is 11.5 Å². The van der Waals surface area contributed by atoms with Gasteiger partial charge in [0.1, 0.15) is 11.5 Å². The standard InChI is InChI=1S/C25H27NO2/c1-2-24(19-7-4-3-5-8-19)25(20-9-13-22(27)14-10-20)21-11-15-23(16-12-21)28-18-6-17-26/h3-5,7-16,27H,2,6,17-18,26H2,1H3. The maximum atomic E-state index is 9.72. The number of phenolic OH excluding ortho intramolecular Hbond substituents is 1. The Morgan fingerprint density at radius 3 is 2.00 bits per heavy atom. The van der Waals surface area contributed by atoms with Crippen LogP contribution < -0.4 is 10.5 Å². The number of hydrogen-bond donors (Lipinski definition) is 2. The van der Waals surface area contributed by atoms with Gasteiger partial charge in [0.05, 0.1) is 6.61 Å². The normalized spacial score (nSPS) is 11.8. The zero-order chi connectivity index (χ0) is 19.8. The number of rotatable bonds is 8. The molecule has 0 spiro atoms. The van der Waals surface area contributed by atoms with Gasteiger partial charge in [0.2, 0.25) is 0 Å². The highest BCUT2D eigenvalue weighted by Crippen LogP contribution is 2.35. The first-order chi connectivity index (χ1) is 13.7. The van der Waals surface area contributed by atoms with E-state index in [4.69, 9.17) is 10.5 Å². The Labute approximate surface area is 167 Å². The lowest BCUT2D eigenvalue weighted by Crippen LogP contribution is -2.06. The summed E-state index contributed by atoms with van der Waals surface area (Å²) in [6.45, 7) is 3.43. The number of aromatic hydroxyl groups is 1. The van der Waals surface area contributed by atoms with Gasteiger partial charge in [-0.15, -0.1) is 0 Å². The molecule has 0 unspecified atom stereocenters. The third kappa shape index (κ3) is 4.81. The number of ether oxygens (including phenoxy) is 1. The van der Waals surface area contributed by atoms with Crippen molar-refractivity contribution in [2.75, 3.05) is 13.2 Å². The Morgan fingerprint density at radius 1 is 0.821 bits per heavy atom. The molecule has 0 aromatic heterocycles. The maximum absolute atomic E-state index is 9.72. The maximum Gasteiger partial charge on any atom is 0.119 e. The molecule has 3 heteroatoms. The summed E-state index contributed by atoms with van der Waals surface area (Å²) < 4.78 is 5.74. The van der Waals surface area contributed by atoms with Gasteiger partial charge in [0.15, 0.2) is 0 Å². The van der Waals surface area contributed by atoms with Gasteiger partial charge in [-0.2, -0.15) is 0 Å². The number of phenols is 1. The van der Waals surface area contributed by atoms with E-state index in [1.807, 2.05) is 30.3 Å². The van der Waals surface area contributed by atoms with Crippen molar-refractivity contribution in [1.82, 2.24) is 0 Å². The number of nitrogens with two attached hydrogens (primary N) is 1. The van der Waals surface area contributed by atoms with E-state index in [-0.39, 0.29) is 5.75 Å². The zero-order valence-electron chi connectivity index (χ0n) is 16.3. The van der Waals surface area contributed by atoms with Crippen LogP contribution in [0.4, 0.5) is 0 Å². The van der Waals surface area contributed by atoms with Crippen molar-refractivity contribution < 1.29 is 9.84 Å². The molecule has 0 radical (unpaired) electrons. The van der Waals surface area contributed by atoms with E-state index in [0.29, 0.717) is 13.2 Å². The molecule has 0 bridgehead atoms. The molecule has 28 heavy (non-hydrogen) atoms. The van der Waals surface area contributed by atoms with Gasteiger partial charge in [-0.1, -0.05) is 61.5 Å². The molecule has 3 N–H and O–H groups in total. The first kappa shape index (κ1) is 19.7. The molecule has 0 fully saturated rings. The second-order valence-electron chi connectivity index (χ2n) is 6.64. The third-order valence-corrected chi connectivity index (χ3v) is 4.69. The highest BCUT2D eigenvalue weighted by molar-refractivity contribution is 5.98. The molecule has 0 amide bonds. The molecular weight excluding hydrogens is 346 g/mol.